The predicted molar refractivity (Wildman–Crippen MR) is 66.8 cm³/mol. The Labute approximate surface area is 100 Å². The lowest BCUT2D eigenvalue weighted by Gasteiger charge is -2.08. The number of anilines is 2. The summed E-state index contributed by atoms with van der Waals surface area (Å²) < 4.78 is 4.94. The summed E-state index contributed by atoms with van der Waals surface area (Å²) >= 11 is 0. The van der Waals surface area contributed by atoms with Crippen LogP contribution in [0.1, 0.15) is 23.3 Å². The van der Waals surface area contributed by atoms with Gasteiger partial charge in [-0.1, -0.05) is 0 Å². The SMILES string of the molecule is COCCCCNc1nc(C(N)=O)ccc1N. The van der Waals surface area contributed by atoms with Gasteiger partial charge in [-0.15, -0.1) is 0 Å². The first kappa shape index (κ1) is 13.2. The maximum atomic E-state index is 11.0. The molecule has 1 aromatic heterocycles. The topological polar surface area (TPSA) is 103 Å². The number of hydrogen-bond acceptors (Lipinski definition) is 5. The van der Waals surface area contributed by atoms with Gasteiger partial charge >= 0.3 is 0 Å². The number of nitrogens with zero attached hydrogens (tertiary/aromatic N) is 1. The van der Waals surface area contributed by atoms with E-state index in [1.165, 1.54) is 6.07 Å². The van der Waals surface area contributed by atoms with Crippen LogP contribution >= 0.6 is 0 Å². The summed E-state index contributed by atoms with van der Waals surface area (Å²) in [6, 6.07) is 3.12. The lowest BCUT2D eigenvalue weighted by molar-refractivity contribution is 0.0996. The zero-order chi connectivity index (χ0) is 12.7. The van der Waals surface area contributed by atoms with E-state index in [1.807, 2.05) is 0 Å². The largest absolute Gasteiger partial charge is 0.396 e. The van der Waals surface area contributed by atoms with Crippen LogP contribution in [0.5, 0.6) is 0 Å². The van der Waals surface area contributed by atoms with Gasteiger partial charge < -0.3 is 21.5 Å². The van der Waals surface area contributed by atoms with Gasteiger partial charge in [0.25, 0.3) is 5.91 Å². The van der Waals surface area contributed by atoms with Crippen molar-refractivity contribution in [3.05, 3.63) is 17.8 Å². The van der Waals surface area contributed by atoms with E-state index in [2.05, 4.69) is 10.3 Å². The van der Waals surface area contributed by atoms with Crippen molar-refractivity contribution in [2.24, 2.45) is 5.73 Å². The molecule has 6 heteroatoms. The number of methoxy groups -OCH3 is 1. The third-order valence-electron chi connectivity index (χ3n) is 2.25. The fourth-order valence-electron chi connectivity index (χ4n) is 1.33. The molecule has 0 aliphatic carbocycles. The van der Waals surface area contributed by atoms with E-state index in [0.29, 0.717) is 11.5 Å². The number of carbonyl (C=O) groups excluding carboxylic acids is 1. The number of primary amides is 1. The molecule has 6 nitrogen and oxygen atoms in total. The molecule has 0 atom stereocenters. The number of rotatable bonds is 7. The van der Waals surface area contributed by atoms with E-state index in [4.69, 9.17) is 16.2 Å². The molecule has 0 unspecified atom stereocenters. The Morgan fingerprint density at radius 1 is 1.47 bits per heavy atom. The second-order valence-corrected chi connectivity index (χ2v) is 3.63. The first-order valence-electron chi connectivity index (χ1n) is 5.44. The fourth-order valence-corrected chi connectivity index (χ4v) is 1.33. The van der Waals surface area contributed by atoms with Crippen molar-refractivity contribution in [1.29, 1.82) is 0 Å². The van der Waals surface area contributed by atoms with Crippen molar-refractivity contribution >= 4 is 17.4 Å². The van der Waals surface area contributed by atoms with Gasteiger partial charge in [-0.05, 0) is 25.0 Å². The maximum Gasteiger partial charge on any atom is 0.267 e. The lowest BCUT2D eigenvalue weighted by atomic mass is 10.3. The van der Waals surface area contributed by atoms with Crippen LogP contribution in [0.4, 0.5) is 11.5 Å². The van der Waals surface area contributed by atoms with Crippen LogP contribution in [0.25, 0.3) is 0 Å². The average Bonchev–Trinajstić information content (AvgIpc) is 2.30. The smallest absolute Gasteiger partial charge is 0.267 e. The summed E-state index contributed by atoms with van der Waals surface area (Å²) in [6.07, 6.45) is 1.90. The van der Waals surface area contributed by atoms with Crippen molar-refractivity contribution in [3.8, 4) is 0 Å². The predicted octanol–water partition coefficient (Wildman–Crippen LogP) is 0.601. The molecule has 17 heavy (non-hydrogen) atoms. The lowest BCUT2D eigenvalue weighted by Crippen LogP contribution is -2.15. The highest BCUT2D eigenvalue weighted by molar-refractivity contribution is 5.91. The molecule has 0 aliphatic rings. The molecular weight excluding hydrogens is 220 g/mol. The van der Waals surface area contributed by atoms with Gasteiger partial charge in [-0.3, -0.25) is 4.79 Å². The summed E-state index contributed by atoms with van der Waals surface area (Å²) in [5.41, 5.74) is 11.6. The Morgan fingerprint density at radius 2 is 2.24 bits per heavy atom. The molecule has 0 bridgehead atoms. The molecule has 1 heterocycles. The molecule has 0 spiro atoms. The van der Waals surface area contributed by atoms with Gasteiger partial charge in [0.05, 0.1) is 5.69 Å². The zero-order valence-corrected chi connectivity index (χ0v) is 9.90. The van der Waals surface area contributed by atoms with Gasteiger partial charge in [-0.2, -0.15) is 0 Å². The van der Waals surface area contributed by atoms with E-state index in [-0.39, 0.29) is 5.69 Å². The van der Waals surface area contributed by atoms with Crippen LogP contribution in [0, 0.1) is 0 Å². The van der Waals surface area contributed by atoms with E-state index in [9.17, 15) is 4.79 Å². The molecule has 0 saturated heterocycles. The van der Waals surface area contributed by atoms with Gasteiger partial charge in [0.1, 0.15) is 11.5 Å². The van der Waals surface area contributed by atoms with Crippen molar-refractivity contribution in [3.63, 3.8) is 0 Å². The second-order valence-electron chi connectivity index (χ2n) is 3.63. The van der Waals surface area contributed by atoms with Crippen LogP contribution in [0.3, 0.4) is 0 Å². The molecule has 0 aliphatic heterocycles. The molecule has 0 radical (unpaired) electrons. The first-order valence-corrected chi connectivity index (χ1v) is 5.44. The van der Waals surface area contributed by atoms with Gasteiger partial charge in [0, 0.05) is 20.3 Å². The summed E-state index contributed by atoms with van der Waals surface area (Å²) in [4.78, 5) is 15.0. The Kier molecular flexibility index (Phi) is 5.22. The highest BCUT2D eigenvalue weighted by atomic mass is 16.5. The highest BCUT2D eigenvalue weighted by Gasteiger charge is 2.06. The van der Waals surface area contributed by atoms with Gasteiger partial charge in [-0.25, -0.2) is 4.98 Å². The molecule has 1 amide bonds. The Hall–Kier alpha value is -1.82. The summed E-state index contributed by atoms with van der Waals surface area (Å²) in [5, 5.41) is 3.07. The number of ether oxygens (including phenoxy) is 1. The van der Waals surface area contributed by atoms with E-state index >= 15 is 0 Å². The number of nitrogens with two attached hydrogens (primary N) is 2. The van der Waals surface area contributed by atoms with Crippen molar-refractivity contribution < 1.29 is 9.53 Å². The standard InChI is InChI=1S/C11H18N4O2/c1-17-7-3-2-6-14-11-8(12)4-5-9(15-11)10(13)16/h4-5H,2-3,6-7,12H2,1H3,(H2,13,16)(H,14,15). The number of aromatic nitrogens is 1. The van der Waals surface area contributed by atoms with E-state index in [1.54, 1.807) is 13.2 Å². The monoisotopic (exact) mass is 238 g/mol. The normalized spacial score (nSPS) is 10.2. The zero-order valence-electron chi connectivity index (χ0n) is 9.90. The van der Waals surface area contributed by atoms with Crippen LogP contribution in [-0.4, -0.2) is 31.2 Å². The Morgan fingerprint density at radius 3 is 2.88 bits per heavy atom. The Bertz CT molecular complexity index is 382. The van der Waals surface area contributed by atoms with E-state index in [0.717, 1.165) is 26.0 Å². The number of nitrogen functional groups attached to an aromatic ring is 1. The molecule has 0 fully saturated rings. The molecule has 0 saturated carbocycles. The molecular formula is C11H18N4O2. The number of nitrogens with one attached hydrogen (secondary N) is 1. The Balaban J connectivity index is 2.51. The first-order chi connectivity index (χ1) is 8.15. The summed E-state index contributed by atoms with van der Waals surface area (Å²) in [6.45, 7) is 1.45. The van der Waals surface area contributed by atoms with Crippen molar-refractivity contribution in [1.82, 2.24) is 4.98 Å². The summed E-state index contributed by atoms with van der Waals surface area (Å²) in [5.74, 6) is -0.0638. The minimum atomic E-state index is -0.563. The van der Waals surface area contributed by atoms with Crippen molar-refractivity contribution in [2.75, 3.05) is 31.3 Å². The highest BCUT2D eigenvalue weighted by Crippen LogP contribution is 2.15. The van der Waals surface area contributed by atoms with Crippen LogP contribution in [0.2, 0.25) is 0 Å². The second kappa shape index (κ2) is 6.70. The molecule has 94 valence electrons. The molecule has 1 rings (SSSR count). The molecule has 0 aromatic carbocycles. The third kappa shape index (κ3) is 4.28. The molecule has 5 N–H and O–H groups in total. The van der Waals surface area contributed by atoms with Crippen LogP contribution < -0.4 is 16.8 Å². The number of hydrogen-bond donors (Lipinski definition) is 3. The number of carbonyl (C=O) groups is 1. The van der Waals surface area contributed by atoms with Gasteiger partial charge in [0.15, 0.2) is 0 Å². The number of amides is 1. The maximum absolute atomic E-state index is 11.0. The third-order valence-corrected chi connectivity index (χ3v) is 2.25. The van der Waals surface area contributed by atoms with Crippen LogP contribution in [-0.2, 0) is 4.74 Å². The summed E-state index contributed by atoms with van der Waals surface area (Å²) in [7, 11) is 1.67. The number of unbranched alkanes of at least 4 members (excludes halogenated alkanes) is 1. The van der Waals surface area contributed by atoms with Crippen molar-refractivity contribution in [2.45, 2.75) is 12.8 Å². The molecule has 1 aromatic rings. The van der Waals surface area contributed by atoms with Crippen LogP contribution in [0.15, 0.2) is 12.1 Å². The number of pyridine rings is 1. The quantitative estimate of drug-likeness (QED) is 0.603. The minimum absolute atomic E-state index is 0.207. The average molecular weight is 238 g/mol. The van der Waals surface area contributed by atoms with Gasteiger partial charge in [0.2, 0.25) is 0 Å². The fraction of sp³-hybridized carbons (Fsp3) is 0.455. The van der Waals surface area contributed by atoms with E-state index < -0.39 is 5.91 Å². The minimum Gasteiger partial charge on any atom is -0.396 e.